The van der Waals surface area contributed by atoms with Gasteiger partial charge in [0.1, 0.15) is 12.4 Å². The van der Waals surface area contributed by atoms with E-state index in [-0.39, 0.29) is 12.5 Å². The van der Waals surface area contributed by atoms with E-state index in [2.05, 4.69) is 4.98 Å². The van der Waals surface area contributed by atoms with Gasteiger partial charge in [0.15, 0.2) is 16.6 Å². The maximum absolute atomic E-state index is 13.4. The second-order valence-corrected chi connectivity index (χ2v) is 8.00. The van der Waals surface area contributed by atoms with Gasteiger partial charge in [-0.3, -0.25) is 9.69 Å². The summed E-state index contributed by atoms with van der Waals surface area (Å²) in [6, 6.07) is 13.1. The Hall–Kier alpha value is -2.84. The highest BCUT2D eigenvalue weighted by Gasteiger charge is 2.33. The highest BCUT2D eigenvalue weighted by Crippen LogP contribution is 2.34. The fourth-order valence-electron chi connectivity index (χ4n) is 3.05. The molecule has 0 fully saturated rings. The number of carbonyl (C=O) groups is 1. The van der Waals surface area contributed by atoms with Crippen LogP contribution in [-0.4, -0.2) is 62.8 Å². The number of amides is 1. The first-order chi connectivity index (χ1) is 14.0. The highest BCUT2D eigenvalue weighted by molar-refractivity contribution is 7.22. The molecule has 1 aliphatic rings. The Balaban J connectivity index is 1.62. The number of ether oxygens (including phenoxy) is 3. The number of methoxy groups -OCH3 is 1. The van der Waals surface area contributed by atoms with Crippen LogP contribution in [0.2, 0.25) is 0 Å². The van der Waals surface area contributed by atoms with E-state index in [0.29, 0.717) is 29.7 Å². The standard InChI is InChI=1S/C21H23N3O4S/c1-23(2)10-11-24(21-22-15-12-14(26-3)8-9-19(15)29-21)20(25)18-13-27-16-6-4-5-7-17(16)28-18/h4-9,12,18H,10-11,13H2,1-3H3. The van der Waals surface area contributed by atoms with Crippen molar-refractivity contribution < 1.29 is 19.0 Å². The van der Waals surface area contributed by atoms with Gasteiger partial charge >= 0.3 is 0 Å². The van der Waals surface area contributed by atoms with Crippen molar-refractivity contribution in [3.63, 3.8) is 0 Å². The van der Waals surface area contributed by atoms with Crippen LogP contribution in [0.3, 0.4) is 0 Å². The summed E-state index contributed by atoms with van der Waals surface area (Å²) in [6.45, 7) is 1.38. The molecule has 0 bridgehead atoms. The number of aromatic nitrogens is 1. The maximum Gasteiger partial charge on any atom is 0.273 e. The van der Waals surface area contributed by atoms with E-state index in [1.54, 1.807) is 12.0 Å². The number of para-hydroxylation sites is 2. The smallest absolute Gasteiger partial charge is 0.273 e. The van der Waals surface area contributed by atoms with Crippen LogP contribution in [0.5, 0.6) is 17.2 Å². The van der Waals surface area contributed by atoms with E-state index in [9.17, 15) is 4.79 Å². The zero-order chi connectivity index (χ0) is 20.4. The predicted octanol–water partition coefficient (Wildman–Crippen LogP) is 3.04. The summed E-state index contributed by atoms with van der Waals surface area (Å²) in [6.07, 6.45) is -0.714. The monoisotopic (exact) mass is 413 g/mol. The Bertz CT molecular complexity index is 1020. The van der Waals surface area contributed by atoms with E-state index in [1.807, 2.05) is 61.5 Å². The molecule has 3 aromatic rings. The summed E-state index contributed by atoms with van der Waals surface area (Å²) in [5.74, 6) is 1.82. The second kappa shape index (κ2) is 8.26. The van der Waals surface area contributed by atoms with Gasteiger partial charge in [0.05, 0.1) is 17.3 Å². The molecule has 8 heteroatoms. The summed E-state index contributed by atoms with van der Waals surface area (Å²) < 4.78 is 18.0. The highest BCUT2D eigenvalue weighted by atomic mass is 32.1. The van der Waals surface area contributed by atoms with Gasteiger partial charge in [0, 0.05) is 19.2 Å². The molecule has 1 aliphatic heterocycles. The fourth-order valence-corrected chi connectivity index (χ4v) is 4.03. The molecule has 2 heterocycles. The molecule has 152 valence electrons. The number of fused-ring (bicyclic) bond motifs is 2. The molecule has 1 amide bonds. The number of benzene rings is 2. The van der Waals surface area contributed by atoms with Crippen molar-refractivity contribution in [3.8, 4) is 17.2 Å². The van der Waals surface area contributed by atoms with Gasteiger partial charge in [-0.2, -0.15) is 0 Å². The summed E-state index contributed by atoms with van der Waals surface area (Å²) >= 11 is 1.48. The maximum atomic E-state index is 13.4. The lowest BCUT2D eigenvalue weighted by Crippen LogP contribution is -2.48. The quantitative estimate of drug-likeness (QED) is 0.619. The summed E-state index contributed by atoms with van der Waals surface area (Å²) in [7, 11) is 5.57. The predicted molar refractivity (Wildman–Crippen MR) is 113 cm³/mol. The lowest BCUT2D eigenvalue weighted by molar-refractivity contribution is -0.127. The third-order valence-corrected chi connectivity index (χ3v) is 5.69. The molecule has 0 spiro atoms. The van der Waals surface area contributed by atoms with Crippen molar-refractivity contribution >= 4 is 32.6 Å². The summed E-state index contributed by atoms with van der Waals surface area (Å²) in [4.78, 5) is 21.8. The van der Waals surface area contributed by atoms with Gasteiger partial charge in [-0.05, 0) is 38.4 Å². The van der Waals surface area contributed by atoms with Crippen LogP contribution in [0.25, 0.3) is 10.2 Å². The van der Waals surface area contributed by atoms with Gasteiger partial charge in [0.2, 0.25) is 6.10 Å². The molecule has 0 saturated carbocycles. The number of anilines is 1. The van der Waals surface area contributed by atoms with Gasteiger partial charge in [0.25, 0.3) is 5.91 Å². The van der Waals surface area contributed by atoms with E-state index < -0.39 is 6.10 Å². The first-order valence-electron chi connectivity index (χ1n) is 9.34. The molecule has 0 saturated heterocycles. The summed E-state index contributed by atoms with van der Waals surface area (Å²) in [5.41, 5.74) is 0.804. The Morgan fingerprint density at radius 1 is 1.21 bits per heavy atom. The van der Waals surface area contributed by atoms with Crippen LogP contribution in [0.1, 0.15) is 0 Å². The molecule has 1 atom stereocenters. The molecule has 0 N–H and O–H groups in total. The second-order valence-electron chi connectivity index (χ2n) is 6.99. The van der Waals surface area contributed by atoms with E-state index in [0.717, 1.165) is 16.0 Å². The fraction of sp³-hybridized carbons (Fsp3) is 0.333. The third-order valence-electron chi connectivity index (χ3n) is 4.64. The van der Waals surface area contributed by atoms with Crippen molar-refractivity contribution in [2.75, 3.05) is 45.8 Å². The molecule has 29 heavy (non-hydrogen) atoms. The van der Waals surface area contributed by atoms with Crippen molar-refractivity contribution in [2.24, 2.45) is 0 Å². The number of carbonyl (C=O) groups excluding carboxylic acids is 1. The number of rotatable bonds is 6. The van der Waals surface area contributed by atoms with Crippen molar-refractivity contribution in [3.05, 3.63) is 42.5 Å². The molecular weight excluding hydrogens is 390 g/mol. The normalized spacial score (nSPS) is 15.5. The van der Waals surface area contributed by atoms with Crippen LogP contribution in [0, 0.1) is 0 Å². The van der Waals surface area contributed by atoms with Crippen LogP contribution >= 0.6 is 11.3 Å². The zero-order valence-electron chi connectivity index (χ0n) is 16.6. The van der Waals surface area contributed by atoms with Gasteiger partial charge < -0.3 is 19.1 Å². The molecule has 0 radical (unpaired) electrons. The largest absolute Gasteiger partial charge is 0.497 e. The van der Waals surface area contributed by atoms with Crippen molar-refractivity contribution in [1.29, 1.82) is 0 Å². The van der Waals surface area contributed by atoms with E-state index in [1.165, 1.54) is 11.3 Å². The molecule has 1 aromatic heterocycles. The van der Waals surface area contributed by atoms with Gasteiger partial charge in [-0.1, -0.05) is 23.5 Å². The molecule has 7 nitrogen and oxygen atoms in total. The molecule has 4 rings (SSSR count). The lowest BCUT2D eigenvalue weighted by atomic mass is 10.2. The zero-order valence-corrected chi connectivity index (χ0v) is 17.4. The third kappa shape index (κ3) is 4.13. The Labute approximate surface area is 173 Å². The average Bonchev–Trinajstić information content (AvgIpc) is 3.15. The molecule has 2 aromatic carbocycles. The number of nitrogens with zero attached hydrogens (tertiary/aromatic N) is 3. The minimum atomic E-state index is -0.714. The van der Waals surface area contributed by atoms with Gasteiger partial charge in [-0.25, -0.2) is 4.98 Å². The summed E-state index contributed by atoms with van der Waals surface area (Å²) in [5, 5.41) is 0.641. The minimum Gasteiger partial charge on any atom is -0.497 e. The van der Waals surface area contributed by atoms with Crippen molar-refractivity contribution in [2.45, 2.75) is 6.10 Å². The van der Waals surface area contributed by atoms with Crippen LogP contribution in [0.4, 0.5) is 5.13 Å². The minimum absolute atomic E-state index is 0.160. The first kappa shape index (κ1) is 19.5. The van der Waals surface area contributed by atoms with Crippen LogP contribution < -0.4 is 19.1 Å². The first-order valence-corrected chi connectivity index (χ1v) is 10.2. The number of thiazole rings is 1. The number of hydrogen-bond acceptors (Lipinski definition) is 7. The number of hydrogen-bond donors (Lipinski definition) is 0. The lowest BCUT2D eigenvalue weighted by Gasteiger charge is -2.30. The molecule has 0 aliphatic carbocycles. The van der Waals surface area contributed by atoms with Crippen LogP contribution in [0.15, 0.2) is 42.5 Å². The Kier molecular flexibility index (Phi) is 5.55. The molecular formula is C21H23N3O4S. The van der Waals surface area contributed by atoms with E-state index >= 15 is 0 Å². The Morgan fingerprint density at radius 2 is 2.00 bits per heavy atom. The SMILES string of the molecule is COc1ccc2sc(N(CCN(C)C)C(=O)C3COc4ccccc4O3)nc2c1. The average molecular weight is 413 g/mol. The Morgan fingerprint density at radius 3 is 2.76 bits per heavy atom. The van der Waals surface area contributed by atoms with E-state index in [4.69, 9.17) is 14.2 Å². The number of likely N-dealkylation sites (N-methyl/N-ethyl adjacent to an activating group) is 1. The molecule has 1 unspecified atom stereocenters. The van der Waals surface area contributed by atoms with Crippen LogP contribution in [-0.2, 0) is 4.79 Å². The van der Waals surface area contributed by atoms with Gasteiger partial charge in [-0.15, -0.1) is 0 Å². The van der Waals surface area contributed by atoms with Crippen molar-refractivity contribution in [1.82, 2.24) is 9.88 Å². The topological polar surface area (TPSA) is 64.1 Å².